The number of ether oxygens (including phenoxy) is 11. The van der Waals surface area contributed by atoms with E-state index in [1.54, 1.807) is 0 Å². The first-order valence-electron chi connectivity index (χ1n) is 14.2. The van der Waals surface area contributed by atoms with Crippen LogP contribution in [0.4, 0.5) is 0 Å². The maximum absolute atomic E-state index is 12.3. The van der Waals surface area contributed by atoms with Crippen molar-refractivity contribution in [3.8, 4) is 12.3 Å². The summed E-state index contributed by atoms with van der Waals surface area (Å²) in [4.78, 5) is 84.5. The summed E-state index contributed by atoms with van der Waals surface area (Å²) in [6.07, 6.45) is -10.2. The number of hydrogen-bond donors (Lipinski definition) is 0. The van der Waals surface area contributed by atoms with Crippen LogP contribution in [0.25, 0.3) is 0 Å². The van der Waals surface area contributed by atoms with Crippen LogP contribution in [0.1, 0.15) is 48.5 Å². The zero-order valence-corrected chi connectivity index (χ0v) is 26.8. The summed E-state index contributed by atoms with van der Waals surface area (Å²) in [5.74, 6) is -3.68. The lowest BCUT2D eigenvalue weighted by atomic mass is 9.96. The molecule has 2 rings (SSSR count). The second-order valence-corrected chi connectivity index (χ2v) is 10.2. The molecule has 2 heterocycles. The van der Waals surface area contributed by atoms with Crippen molar-refractivity contribution in [2.75, 3.05) is 19.8 Å². The highest BCUT2D eigenvalue weighted by Crippen LogP contribution is 2.35. The van der Waals surface area contributed by atoms with E-state index in [0.29, 0.717) is 0 Å². The summed E-state index contributed by atoms with van der Waals surface area (Å²) in [5, 5.41) is 0. The summed E-state index contributed by atoms with van der Waals surface area (Å²) in [6, 6.07) is 0. The molecule has 2 aliphatic rings. The smallest absolute Gasteiger partial charge is 0.303 e. The topological polar surface area (TPSA) is 221 Å². The van der Waals surface area contributed by atoms with Gasteiger partial charge in [-0.05, 0) is 0 Å². The third kappa shape index (κ3) is 12.1. The third-order valence-corrected chi connectivity index (χ3v) is 6.22. The maximum atomic E-state index is 12.3. The standard InChI is InChI=1S/C29H38O18/c1-9-10-37-28-26(43-18(7)35)25(42-17(6)34)23(21(45-28)12-39-14(3)31)47-29-27(44-19(8)36)24(41-16(5)33)22(40-15(4)32)20(46-29)11-38-13(2)30/h1,20-29H,10-12H2,2-8H3/t20-,21-,22+,23-,24+,25+,26-,27-,28-,29+/m1/s1. The van der Waals surface area contributed by atoms with Crippen LogP contribution in [0.5, 0.6) is 0 Å². The van der Waals surface area contributed by atoms with Crippen LogP contribution in [0.15, 0.2) is 0 Å². The molecule has 0 N–H and O–H groups in total. The maximum Gasteiger partial charge on any atom is 0.303 e. The number of carbonyl (C=O) groups is 7. The molecule has 0 unspecified atom stereocenters. The Morgan fingerprint density at radius 3 is 1.30 bits per heavy atom. The van der Waals surface area contributed by atoms with Gasteiger partial charge in [0.25, 0.3) is 0 Å². The zero-order chi connectivity index (χ0) is 35.4. The highest BCUT2D eigenvalue weighted by molar-refractivity contribution is 5.69. The molecular formula is C29H38O18. The van der Waals surface area contributed by atoms with Gasteiger partial charge in [0.2, 0.25) is 0 Å². The highest BCUT2D eigenvalue weighted by atomic mass is 16.8. The van der Waals surface area contributed by atoms with E-state index < -0.39 is 116 Å². The molecule has 0 spiro atoms. The molecule has 2 saturated heterocycles. The molecule has 0 aromatic carbocycles. The Balaban J connectivity index is 2.72. The lowest BCUT2D eigenvalue weighted by Crippen LogP contribution is -2.67. The first-order chi connectivity index (χ1) is 22.0. The quantitative estimate of drug-likeness (QED) is 0.133. The van der Waals surface area contributed by atoms with Gasteiger partial charge in [-0.2, -0.15) is 0 Å². The lowest BCUT2D eigenvalue weighted by Gasteiger charge is -2.48. The minimum Gasteiger partial charge on any atom is -0.463 e. The molecule has 10 atom stereocenters. The van der Waals surface area contributed by atoms with Crippen molar-refractivity contribution in [1.29, 1.82) is 0 Å². The average molecular weight is 675 g/mol. The molecule has 0 radical (unpaired) electrons. The largest absolute Gasteiger partial charge is 0.463 e. The van der Waals surface area contributed by atoms with Crippen LogP contribution in [0.3, 0.4) is 0 Å². The second-order valence-electron chi connectivity index (χ2n) is 10.2. The van der Waals surface area contributed by atoms with Gasteiger partial charge in [0.15, 0.2) is 43.1 Å². The second kappa shape index (κ2) is 18.1. The Morgan fingerprint density at radius 2 is 0.872 bits per heavy atom. The van der Waals surface area contributed by atoms with Gasteiger partial charge < -0.3 is 52.1 Å². The van der Waals surface area contributed by atoms with E-state index in [1.807, 2.05) is 0 Å². The average Bonchev–Trinajstić information content (AvgIpc) is 2.94. The predicted octanol–water partition coefficient (Wildman–Crippen LogP) is -0.744. The third-order valence-electron chi connectivity index (χ3n) is 6.22. The molecule has 0 aromatic heterocycles. The summed E-state index contributed by atoms with van der Waals surface area (Å²) in [5.41, 5.74) is 0. The van der Waals surface area contributed by atoms with Gasteiger partial charge in [0.1, 0.15) is 38.1 Å². The number of carbonyl (C=O) groups excluding carboxylic acids is 7. The van der Waals surface area contributed by atoms with Gasteiger partial charge in [0, 0.05) is 48.5 Å². The van der Waals surface area contributed by atoms with Gasteiger partial charge in [-0.15, -0.1) is 6.42 Å². The van der Waals surface area contributed by atoms with Crippen LogP contribution in [-0.2, 0) is 85.7 Å². The van der Waals surface area contributed by atoms with E-state index in [-0.39, 0.29) is 6.61 Å². The van der Waals surface area contributed by atoms with Crippen molar-refractivity contribution in [3.63, 3.8) is 0 Å². The minimum absolute atomic E-state index is 0.347. The van der Waals surface area contributed by atoms with Gasteiger partial charge in [-0.25, -0.2) is 0 Å². The van der Waals surface area contributed by atoms with Gasteiger partial charge in [-0.1, -0.05) is 5.92 Å². The van der Waals surface area contributed by atoms with Crippen LogP contribution in [0.2, 0.25) is 0 Å². The van der Waals surface area contributed by atoms with E-state index in [1.165, 1.54) is 0 Å². The normalized spacial score (nSPS) is 30.0. The predicted molar refractivity (Wildman–Crippen MR) is 148 cm³/mol. The fourth-order valence-electron chi connectivity index (χ4n) is 4.74. The number of esters is 7. The van der Waals surface area contributed by atoms with Crippen molar-refractivity contribution in [1.82, 2.24) is 0 Å². The molecular weight excluding hydrogens is 636 g/mol. The van der Waals surface area contributed by atoms with Crippen molar-refractivity contribution in [2.24, 2.45) is 0 Å². The molecule has 262 valence electrons. The number of rotatable bonds is 13. The van der Waals surface area contributed by atoms with Crippen molar-refractivity contribution < 1.29 is 85.7 Å². The number of hydrogen-bond acceptors (Lipinski definition) is 18. The Labute approximate surface area is 269 Å². The van der Waals surface area contributed by atoms with Crippen LogP contribution < -0.4 is 0 Å². The van der Waals surface area contributed by atoms with E-state index in [2.05, 4.69) is 5.92 Å². The summed E-state index contributed by atoms with van der Waals surface area (Å²) < 4.78 is 61.0. The van der Waals surface area contributed by atoms with E-state index >= 15 is 0 Å². The highest BCUT2D eigenvalue weighted by Gasteiger charge is 2.57. The summed E-state index contributed by atoms with van der Waals surface area (Å²) in [7, 11) is 0. The molecule has 2 fully saturated rings. The first kappa shape index (κ1) is 38.9. The Kier molecular flexibility index (Phi) is 15.0. The van der Waals surface area contributed by atoms with Gasteiger partial charge in [-0.3, -0.25) is 33.6 Å². The van der Waals surface area contributed by atoms with Gasteiger partial charge in [0.05, 0.1) is 0 Å². The monoisotopic (exact) mass is 674 g/mol. The Hall–Kier alpha value is -4.31. The van der Waals surface area contributed by atoms with Crippen molar-refractivity contribution in [3.05, 3.63) is 0 Å². The summed E-state index contributed by atoms with van der Waals surface area (Å²) >= 11 is 0. The molecule has 0 amide bonds. The SMILES string of the molecule is C#CCO[C@@H]1O[C@H](COC(C)=O)[C@@H](O[C@@H]2O[C@H](COC(C)=O)[C@H](OC(C)=O)[C@H](OC(C)=O)[C@H]2OC(C)=O)[C@H](OC(C)=O)[C@H]1OC(C)=O. The Morgan fingerprint density at radius 1 is 0.511 bits per heavy atom. The molecule has 0 aliphatic carbocycles. The number of terminal acetylenes is 1. The van der Waals surface area contributed by atoms with E-state index in [4.69, 9.17) is 58.5 Å². The lowest BCUT2D eigenvalue weighted by molar-refractivity contribution is -0.360. The molecule has 0 bridgehead atoms. The first-order valence-corrected chi connectivity index (χ1v) is 14.2. The van der Waals surface area contributed by atoms with E-state index in [0.717, 1.165) is 48.5 Å². The molecule has 47 heavy (non-hydrogen) atoms. The molecule has 18 nitrogen and oxygen atoms in total. The minimum atomic E-state index is -1.79. The molecule has 2 aliphatic heterocycles. The van der Waals surface area contributed by atoms with E-state index in [9.17, 15) is 33.6 Å². The van der Waals surface area contributed by atoms with Crippen molar-refractivity contribution >= 4 is 41.8 Å². The van der Waals surface area contributed by atoms with Crippen LogP contribution >= 0.6 is 0 Å². The Bertz CT molecular complexity index is 1210. The van der Waals surface area contributed by atoms with Crippen LogP contribution in [-0.4, -0.2) is 123 Å². The fraction of sp³-hybridized carbons (Fsp3) is 0.690. The molecule has 0 aromatic rings. The van der Waals surface area contributed by atoms with Crippen LogP contribution in [0, 0.1) is 12.3 Å². The molecule has 0 saturated carbocycles. The van der Waals surface area contributed by atoms with Gasteiger partial charge >= 0.3 is 41.8 Å². The molecule has 18 heteroatoms. The van der Waals surface area contributed by atoms with Crippen molar-refractivity contribution in [2.45, 2.75) is 110 Å². The zero-order valence-electron chi connectivity index (χ0n) is 26.8. The summed E-state index contributed by atoms with van der Waals surface area (Å²) in [6.45, 7) is 5.94. The fourth-order valence-corrected chi connectivity index (χ4v) is 4.74.